The van der Waals surface area contributed by atoms with Crippen molar-refractivity contribution in [1.29, 1.82) is 0 Å². The van der Waals surface area contributed by atoms with Crippen LogP contribution >= 0.6 is 11.8 Å². The topological polar surface area (TPSA) is 60.7 Å². The molecule has 6 rings (SSSR count). The molecule has 5 nitrogen and oxygen atoms in total. The van der Waals surface area contributed by atoms with Crippen molar-refractivity contribution >= 4 is 28.4 Å². The van der Waals surface area contributed by atoms with Crippen LogP contribution in [0.25, 0.3) is 33.5 Å². The van der Waals surface area contributed by atoms with Crippen molar-refractivity contribution in [3.63, 3.8) is 0 Å². The van der Waals surface area contributed by atoms with E-state index in [1.165, 1.54) is 0 Å². The van der Waals surface area contributed by atoms with Crippen LogP contribution in [0.4, 0.5) is 0 Å². The van der Waals surface area contributed by atoms with E-state index in [0.717, 1.165) is 56.6 Å². The zero-order chi connectivity index (χ0) is 26.6. The quantitative estimate of drug-likeness (QED) is 0.150. The van der Waals surface area contributed by atoms with Crippen molar-refractivity contribution in [1.82, 2.24) is 19.7 Å². The number of nitrogens with zero attached hydrogens (tertiary/aromatic N) is 4. The molecule has 0 fully saturated rings. The fourth-order valence-corrected chi connectivity index (χ4v) is 5.61. The monoisotopic (exact) mass is 526 g/mol. The van der Waals surface area contributed by atoms with Gasteiger partial charge in [0.25, 0.3) is 0 Å². The van der Waals surface area contributed by atoms with Gasteiger partial charge in [0.1, 0.15) is 0 Å². The van der Waals surface area contributed by atoms with E-state index in [1.807, 2.05) is 91.0 Å². The van der Waals surface area contributed by atoms with Crippen LogP contribution in [0, 0.1) is 0 Å². The van der Waals surface area contributed by atoms with E-state index in [4.69, 9.17) is 4.98 Å². The lowest BCUT2D eigenvalue weighted by atomic mass is 10.0. The summed E-state index contributed by atoms with van der Waals surface area (Å²) in [5.74, 6) is 1.59. The minimum Gasteiger partial charge on any atom is -0.302 e. The number of hydrogen-bond donors (Lipinski definition) is 0. The van der Waals surface area contributed by atoms with Crippen molar-refractivity contribution in [2.24, 2.45) is 0 Å². The fraction of sp³-hybridized carbons (Fsp3) is 0.0909. The van der Waals surface area contributed by atoms with Gasteiger partial charge in [-0.25, -0.2) is 4.98 Å². The summed E-state index contributed by atoms with van der Waals surface area (Å²) in [7, 11) is 0. The smallest absolute Gasteiger partial charge is 0.193 e. The number of thioether (sulfide) groups is 1. The molecule has 0 spiro atoms. The van der Waals surface area contributed by atoms with Crippen LogP contribution in [0.2, 0.25) is 0 Å². The van der Waals surface area contributed by atoms with Crippen LogP contribution in [-0.4, -0.2) is 25.5 Å². The Hall–Kier alpha value is -4.55. The van der Waals surface area contributed by atoms with Crippen LogP contribution < -0.4 is 0 Å². The number of rotatable bonds is 8. The van der Waals surface area contributed by atoms with Crippen molar-refractivity contribution in [2.75, 3.05) is 0 Å². The molecule has 2 heterocycles. The van der Waals surface area contributed by atoms with Gasteiger partial charge in [0, 0.05) is 39.9 Å². The highest BCUT2D eigenvalue weighted by molar-refractivity contribution is 7.98. The SMILES string of the molecule is CCn1c(SCc2ccc(C(=O)c3ccccc3)cc2)nnc1-c1cc(-c2ccccc2)nc2ccccc12. The van der Waals surface area contributed by atoms with E-state index in [2.05, 4.69) is 46.0 Å². The third-order valence-corrected chi connectivity index (χ3v) is 7.72. The van der Waals surface area contributed by atoms with Gasteiger partial charge in [-0.1, -0.05) is 115 Å². The van der Waals surface area contributed by atoms with E-state index in [0.29, 0.717) is 11.1 Å². The molecule has 0 bridgehead atoms. The molecule has 6 heteroatoms. The van der Waals surface area contributed by atoms with Crippen molar-refractivity contribution < 1.29 is 4.79 Å². The first-order valence-corrected chi connectivity index (χ1v) is 13.9. The van der Waals surface area contributed by atoms with Gasteiger partial charge in [-0.2, -0.15) is 0 Å². The Morgan fingerprint density at radius 3 is 2.18 bits per heavy atom. The Bertz CT molecular complexity index is 1750. The lowest BCUT2D eigenvalue weighted by Gasteiger charge is -2.12. The minimum absolute atomic E-state index is 0.0321. The van der Waals surface area contributed by atoms with Gasteiger partial charge < -0.3 is 4.57 Å². The highest BCUT2D eigenvalue weighted by Crippen LogP contribution is 2.33. The Morgan fingerprint density at radius 1 is 0.769 bits per heavy atom. The summed E-state index contributed by atoms with van der Waals surface area (Å²) >= 11 is 1.65. The fourth-order valence-electron chi connectivity index (χ4n) is 4.65. The van der Waals surface area contributed by atoms with Crippen LogP contribution in [-0.2, 0) is 12.3 Å². The molecule has 0 aliphatic heterocycles. The summed E-state index contributed by atoms with van der Waals surface area (Å²) in [5, 5.41) is 11.1. The number of ketones is 1. The molecule has 0 radical (unpaired) electrons. The summed E-state index contributed by atoms with van der Waals surface area (Å²) in [6.07, 6.45) is 0. The summed E-state index contributed by atoms with van der Waals surface area (Å²) < 4.78 is 2.16. The number of para-hydroxylation sites is 1. The molecule has 4 aromatic carbocycles. The standard InChI is InChI=1S/C33H26N4OS/c1-2-37-32(28-21-30(24-11-5-3-6-12-24)34-29-16-10-9-15-27(28)29)35-36-33(37)39-22-23-17-19-26(20-18-23)31(38)25-13-7-4-8-14-25/h3-21H,2,22H2,1H3. The molecule has 0 amide bonds. The summed E-state index contributed by atoms with van der Waals surface area (Å²) in [5.41, 5.74) is 6.43. The predicted molar refractivity (Wildman–Crippen MR) is 158 cm³/mol. The van der Waals surface area contributed by atoms with Crippen molar-refractivity contribution in [3.8, 4) is 22.6 Å². The molecule has 0 aliphatic carbocycles. The summed E-state index contributed by atoms with van der Waals surface area (Å²) in [4.78, 5) is 17.7. The number of carbonyl (C=O) groups excluding carboxylic acids is 1. The van der Waals surface area contributed by atoms with Gasteiger partial charge in [-0.3, -0.25) is 4.79 Å². The van der Waals surface area contributed by atoms with Gasteiger partial charge in [0.15, 0.2) is 16.8 Å². The van der Waals surface area contributed by atoms with Crippen LogP contribution in [0.1, 0.15) is 28.4 Å². The number of pyridine rings is 1. The molecule has 0 atom stereocenters. The van der Waals surface area contributed by atoms with E-state index in [1.54, 1.807) is 11.8 Å². The molecule has 0 saturated carbocycles. The number of hydrogen-bond acceptors (Lipinski definition) is 5. The van der Waals surface area contributed by atoms with E-state index < -0.39 is 0 Å². The molecule has 190 valence electrons. The third kappa shape index (κ3) is 5.11. The first kappa shape index (κ1) is 24.8. The minimum atomic E-state index is 0.0321. The summed E-state index contributed by atoms with van der Waals surface area (Å²) in [6.45, 7) is 2.86. The maximum atomic E-state index is 12.7. The molecular weight excluding hydrogens is 500 g/mol. The van der Waals surface area contributed by atoms with Gasteiger partial charge in [0.05, 0.1) is 11.2 Å². The van der Waals surface area contributed by atoms with Crippen LogP contribution in [0.15, 0.2) is 120 Å². The molecule has 0 N–H and O–H groups in total. The Labute approximate surface area is 231 Å². The van der Waals surface area contributed by atoms with Crippen molar-refractivity contribution in [2.45, 2.75) is 24.4 Å². The molecule has 0 aliphatic rings. The Balaban J connectivity index is 1.27. The molecule has 0 unspecified atom stereocenters. The second-order valence-electron chi connectivity index (χ2n) is 9.17. The Kier molecular flexibility index (Phi) is 7.02. The number of carbonyl (C=O) groups is 1. The summed E-state index contributed by atoms with van der Waals surface area (Å²) in [6, 6.07) is 37.7. The lowest BCUT2D eigenvalue weighted by Crippen LogP contribution is -2.02. The highest BCUT2D eigenvalue weighted by Gasteiger charge is 2.18. The maximum absolute atomic E-state index is 12.7. The Morgan fingerprint density at radius 2 is 1.44 bits per heavy atom. The van der Waals surface area contributed by atoms with Crippen LogP contribution in [0.5, 0.6) is 0 Å². The van der Waals surface area contributed by atoms with Crippen molar-refractivity contribution in [3.05, 3.63) is 132 Å². The third-order valence-electron chi connectivity index (χ3n) is 6.68. The zero-order valence-electron chi connectivity index (χ0n) is 21.5. The molecule has 0 saturated heterocycles. The molecule has 2 aromatic heterocycles. The second kappa shape index (κ2) is 11.1. The normalized spacial score (nSPS) is 11.1. The van der Waals surface area contributed by atoms with E-state index in [9.17, 15) is 4.79 Å². The first-order valence-electron chi connectivity index (χ1n) is 12.9. The average molecular weight is 527 g/mol. The zero-order valence-corrected chi connectivity index (χ0v) is 22.3. The maximum Gasteiger partial charge on any atom is 0.193 e. The molecule has 6 aromatic rings. The molecular formula is C33H26N4OS. The predicted octanol–water partition coefficient (Wildman–Crippen LogP) is 7.70. The lowest BCUT2D eigenvalue weighted by molar-refractivity contribution is 0.103. The number of benzene rings is 4. The van der Waals surface area contributed by atoms with E-state index in [-0.39, 0.29) is 5.78 Å². The van der Waals surface area contributed by atoms with Gasteiger partial charge in [-0.15, -0.1) is 10.2 Å². The largest absolute Gasteiger partial charge is 0.302 e. The average Bonchev–Trinajstić information content (AvgIpc) is 3.43. The van der Waals surface area contributed by atoms with Crippen LogP contribution in [0.3, 0.4) is 0 Å². The van der Waals surface area contributed by atoms with Gasteiger partial charge in [-0.05, 0) is 24.6 Å². The number of aromatic nitrogens is 4. The van der Waals surface area contributed by atoms with Gasteiger partial charge >= 0.3 is 0 Å². The number of fused-ring (bicyclic) bond motifs is 1. The van der Waals surface area contributed by atoms with Gasteiger partial charge in [0.2, 0.25) is 0 Å². The second-order valence-corrected chi connectivity index (χ2v) is 10.1. The molecule has 39 heavy (non-hydrogen) atoms. The first-order chi connectivity index (χ1) is 19.2. The van der Waals surface area contributed by atoms with E-state index >= 15 is 0 Å². The highest BCUT2D eigenvalue weighted by atomic mass is 32.2.